The molecule has 2 aliphatic carbocycles. The minimum Gasteiger partial charge on any atom is -0.251 e. The summed E-state index contributed by atoms with van der Waals surface area (Å²) < 4.78 is 2.05. The number of fused-ring (bicyclic) bond motifs is 3. The van der Waals surface area contributed by atoms with Crippen molar-refractivity contribution in [3.05, 3.63) is 114 Å². The van der Waals surface area contributed by atoms with Gasteiger partial charge in [0.25, 0.3) is 0 Å². The average Bonchev–Trinajstić information content (AvgIpc) is 3.54. The van der Waals surface area contributed by atoms with Gasteiger partial charge in [0.05, 0.1) is 28.1 Å². The van der Waals surface area contributed by atoms with Crippen LogP contribution in [0, 0.1) is 0 Å². The first-order valence-electron chi connectivity index (χ1n) is 10.1. The van der Waals surface area contributed by atoms with E-state index in [1.165, 1.54) is 0 Å². The minimum absolute atomic E-state index is 0.136. The van der Waals surface area contributed by atoms with Gasteiger partial charge in [0.2, 0.25) is 0 Å². The number of hydrogen-bond acceptors (Lipinski definition) is 2. The predicted octanol–water partition coefficient (Wildman–Crippen LogP) is 6.65. The Bertz CT molecular complexity index is 1380. The van der Waals surface area contributed by atoms with E-state index < -0.39 is 0 Å². The third-order valence-corrected chi connectivity index (χ3v) is 6.02. The second-order valence-corrected chi connectivity index (χ2v) is 8.04. The fraction of sp³-hybridized carbons (Fsp3) is 0.0769. The zero-order chi connectivity index (χ0) is 20.1. The van der Waals surface area contributed by atoms with E-state index in [2.05, 4.69) is 71.5 Å². The lowest BCUT2D eigenvalue weighted by Gasteiger charge is -2.13. The van der Waals surface area contributed by atoms with Gasteiger partial charge < -0.3 is 0 Å². The number of benzene rings is 2. The van der Waals surface area contributed by atoms with Crippen LogP contribution in [0.4, 0.5) is 0 Å². The lowest BCUT2D eigenvalue weighted by molar-refractivity contribution is 0.855. The van der Waals surface area contributed by atoms with Crippen LogP contribution < -0.4 is 0 Å². The summed E-state index contributed by atoms with van der Waals surface area (Å²) in [5.41, 5.74) is 5.15. The van der Waals surface area contributed by atoms with Crippen LogP contribution in [0.15, 0.2) is 97.1 Å². The number of hydrogen-bond donors (Lipinski definition) is 0. The van der Waals surface area contributed by atoms with Crippen molar-refractivity contribution in [3.63, 3.8) is 0 Å². The Balaban J connectivity index is 1.77. The molecule has 30 heavy (non-hydrogen) atoms. The van der Waals surface area contributed by atoms with E-state index in [4.69, 9.17) is 21.7 Å². The van der Waals surface area contributed by atoms with E-state index in [0.717, 1.165) is 38.9 Å². The van der Waals surface area contributed by atoms with Crippen LogP contribution >= 0.6 is 11.6 Å². The maximum atomic E-state index is 6.16. The highest BCUT2D eigenvalue weighted by Crippen LogP contribution is 2.39. The van der Waals surface area contributed by atoms with Crippen LogP contribution in [-0.2, 0) is 0 Å². The van der Waals surface area contributed by atoms with Gasteiger partial charge in [-0.2, -0.15) is 5.10 Å². The van der Waals surface area contributed by atoms with Gasteiger partial charge in [0.15, 0.2) is 0 Å². The molecule has 0 atom stereocenters. The van der Waals surface area contributed by atoms with Crippen molar-refractivity contribution in [3.8, 4) is 5.69 Å². The third kappa shape index (κ3) is 2.66. The highest BCUT2D eigenvalue weighted by atomic mass is 35.5. The maximum absolute atomic E-state index is 6.16. The zero-order valence-corrected chi connectivity index (χ0v) is 16.9. The van der Waals surface area contributed by atoms with Crippen LogP contribution in [0.2, 0.25) is 5.02 Å². The molecule has 0 fully saturated rings. The number of aromatic nitrogens is 3. The highest BCUT2D eigenvalue weighted by Gasteiger charge is 2.26. The molecule has 0 saturated carbocycles. The lowest BCUT2D eigenvalue weighted by Crippen LogP contribution is -2.00. The number of allylic oxidation sites excluding steroid dienone is 8. The van der Waals surface area contributed by atoms with Crippen molar-refractivity contribution in [1.82, 2.24) is 14.8 Å². The Morgan fingerprint density at radius 1 is 0.733 bits per heavy atom. The van der Waals surface area contributed by atoms with Gasteiger partial charge >= 0.3 is 0 Å². The molecular weight excluding hydrogens is 390 g/mol. The molecule has 2 aliphatic rings. The normalized spacial score (nSPS) is 16.0. The van der Waals surface area contributed by atoms with Crippen molar-refractivity contribution < 1.29 is 0 Å². The number of para-hydroxylation sites is 1. The third-order valence-electron chi connectivity index (χ3n) is 5.77. The number of rotatable bonds is 3. The summed E-state index contributed by atoms with van der Waals surface area (Å²) in [5.74, 6) is 0.283. The molecule has 3 nitrogen and oxygen atoms in total. The molecule has 2 aromatic carbocycles. The van der Waals surface area contributed by atoms with E-state index in [1.54, 1.807) is 0 Å². The van der Waals surface area contributed by atoms with Crippen molar-refractivity contribution in [2.75, 3.05) is 0 Å². The Labute approximate surface area is 179 Å². The van der Waals surface area contributed by atoms with Gasteiger partial charge in [0.1, 0.15) is 0 Å². The SMILES string of the molecule is Clc1ccc(-n2nc(C3C=CC=C3)c3c(C4C=CC=C4)nc4ccccc4c32)cc1. The molecule has 0 radical (unpaired) electrons. The molecule has 0 aliphatic heterocycles. The summed E-state index contributed by atoms with van der Waals surface area (Å²) in [7, 11) is 0. The van der Waals surface area contributed by atoms with Gasteiger partial charge in [-0.15, -0.1) is 0 Å². The lowest BCUT2D eigenvalue weighted by atomic mass is 9.95. The monoisotopic (exact) mass is 407 g/mol. The molecule has 6 rings (SSSR count). The van der Waals surface area contributed by atoms with Gasteiger partial charge in [-0.05, 0) is 30.3 Å². The molecule has 0 spiro atoms. The highest BCUT2D eigenvalue weighted by molar-refractivity contribution is 6.30. The molecule has 0 unspecified atom stereocenters. The molecule has 0 amide bonds. The van der Waals surface area contributed by atoms with Gasteiger partial charge in [0, 0.05) is 27.6 Å². The fourth-order valence-electron chi connectivity index (χ4n) is 4.37. The molecule has 2 heterocycles. The summed E-state index contributed by atoms with van der Waals surface area (Å²) in [6, 6.07) is 16.2. The Hall–Kier alpha value is -3.43. The molecule has 2 aromatic heterocycles. The Kier molecular flexibility index (Phi) is 3.96. The van der Waals surface area contributed by atoms with Crippen molar-refractivity contribution >= 4 is 33.4 Å². The largest absolute Gasteiger partial charge is 0.251 e. The van der Waals surface area contributed by atoms with Crippen LogP contribution in [-0.4, -0.2) is 14.8 Å². The molecule has 4 heteroatoms. The quantitative estimate of drug-likeness (QED) is 0.380. The number of pyridine rings is 1. The molecule has 0 bridgehead atoms. The van der Waals surface area contributed by atoms with E-state index in [9.17, 15) is 0 Å². The first-order valence-corrected chi connectivity index (χ1v) is 10.4. The summed E-state index contributed by atoms with van der Waals surface area (Å²) in [6.07, 6.45) is 17.1. The van der Waals surface area contributed by atoms with Crippen LogP contribution in [0.3, 0.4) is 0 Å². The topological polar surface area (TPSA) is 30.7 Å². The van der Waals surface area contributed by atoms with Crippen LogP contribution in [0.5, 0.6) is 0 Å². The van der Waals surface area contributed by atoms with E-state index in [1.807, 2.05) is 30.3 Å². The van der Waals surface area contributed by atoms with Crippen molar-refractivity contribution in [1.29, 1.82) is 0 Å². The number of halogens is 1. The molecule has 0 saturated heterocycles. The Morgan fingerprint density at radius 2 is 1.37 bits per heavy atom. The fourth-order valence-corrected chi connectivity index (χ4v) is 4.49. The molecular formula is C26H18ClN3. The van der Waals surface area contributed by atoms with Gasteiger partial charge in [-0.25, -0.2) is 4.68 Å². The summed E-state index contributed by atoms with van der Waals surface area (Å²) in [6.45, 7) is 0. The van der Waals surface area contributed by atoms with Gasteiger partial charge in [-0.3, -0.25) is 4.98 Å². The van der Waals surface area contributed by atoms with Crippen molar-refractivity contribution in [2.45, 2.75) is 11.8 Å². The maximum Gasteiger partial charge on any atom is 0.0857 e. The number of nitrogens with zero attached hydrogens (tertiary/aromatic N) is 3. The summed E-state index contributed by atoms with van der Waals surface area (Å²) >= 11 is 6.16. The zero-order valence-electron chi connectivity index (χ0n) is 16.1. The summed E-state index contributed by atoms with van der Waals surface area (Å²) in [4.78, 5) is 5.11. The van der Waals surface area contributed by atoms with E-state index >= 15 is 0 Å². The predicted molar refractivity (Wildman–Crippen MR) is 123 cm³/mol. The molecule has 4 aromatic rings. The van der Waals surface area contributed by atoms with E-state index in [-0.39, 0.29) is 11.8 Å². The van der Waals surface area contributed by atoms with Crippen LogP contribution in [0.1, 0.15) is 23.2 Å². The first kappa shape index (κ1) is 17.4. The summed E-state index contributed by atoms with van der Waals surface area (Å²) in [5, 5.41) is 8.08. The first-order chi connectivity index (χ1) is 14.8. The Morgan fingerprint density at radius 3 is 2.07 bits per heavy atom. The molecule has 144 valence electrons. The van der Waals surface area contributed by atoms with Crippen LogP contribution in [0.25, 0.3) is 27.5 Å². The van der Waals surface area contributed by atoms with Gasteiger partial charge in [-0.1, -0.05) is 78.4 Å². The second-order valence-electron chi connectivity index (χ2n) is 7.60. The average molecular weight is 408 g/mol. The smallest absolute Gasteiger partial charge is 0.0857 e. The standard InChI is InChI=1S/C26H18ClN3/c27-19-13-15-20(16-14-19)30-26-21-11-5-6-12-22(21)28-24(17-7-1-2-8-17)23(26)25(29-30)18-9-3-4-10-18/h1-18H. The molecule has 0 N–H and O–H groups in total. The second kappa shape index (κ2) is 6.82. The van der Waals surface area contributed by atoms with E-state index in [0.29, 0.717) is 5.02 Å². The van der Waals surface area contributed by atoms with Crippen molar-refractivity contribution in [2.24, 2.45) is 0 Å². The minimum atomic E-state index is 0.136.